The first-order chi connectivity index (χ1) is 9.70. The fourth-order valence-electron chi connectivity index (χ4n) is 2.86. The molecule has 0 saturated heterocycles. The average Bonchev–Trinajstić information content (AvgIpc) is 2.93. The van der Waals surface area contributed by atoms with Gasteiger partial charge in [0.1, 0.15) is 11.6 Å². The number of hydrogen-bond acceptors (Lipinski definition) is 4. The molecule has 0 unspecified atom stereocenters. The van der Waals surface area contributed by atoms with E-state index < -0.39 is 0 Å². The summed E-state index contributed by atoms with van der Waals surface area (Å²) in [5.74, 6) is 2.65. The van der Waals surface area contributed by atoms with Gasteiger partial charge in [-0.2, -0.15) is 0 Å². The van der Waals surface area contributed by atoms with Crippen LogP contribution in [0.15, 0.2) is 12.4 Å². The summed E-state index contributed by atoms with van der Waals surface area (Å²) in [6, 6.07) is 0.653. The Kier molecular flexibility index (Phi) is 5.62. The van der Waals surface area contributed by atoms with E-state index in [4.69, 9.17) is 4.98 Å². The summed E-state index contributed by atoms with van der Waals surface area (Å²) in [5.41, 5.74) is 0. The van der Waals surface area contributed by atoms with Crippen molar-refractivity contribution in [3.63, 3.8) is 0 Å². The molecule has 1 heterocycles. The van der Waals surface area contributed by atoms with Crippen LogP contribution in [0.5, 0.6) is 0 Å². The van der Waals surface area contributed by atoms with E-state index in [2.05, 4.69) is 36.0 Å². The van der Waals surface area contributed by atoms with Crippen LogP contribution < -0.4 is 10.2 Å². The van der Waals surface area contributed by atoms with Crippen LogP contribution in [-0.2, 0) is 0 Å². The minimum atomic E-state index is 0.653. The lowest BCUT2D eigenvalue weighted by molar-refractivity contribution is 0.524. The monoisotopic (exact) mass is 276 g/mol. The van der Waals surface area contributed by atoms with Crippen molar-refractivity contribution in [1.82, 2.24) is 9.97 Å². The minimum absolute atomic E-state index is 0.653. The Balaban J connectivity index is 2.13. The zero-order chi connectivity index (χ0) is 14.4. The molecule has 1 aliphatic rings. The molecule has 0 radical (unpaired) electrons. The number of aromatic nitrogens is 2. The highest BCUT2D eigenvalue weighted by atomic mass is 15.2. The summed E-state index contributed by atoms with van der Waals surface area (Å²) >= 11 is 0. The fraction of sp³-hybridized carbons (Fsp3) is 0.750. The molecule has 1 aromatic rings. The van der Waals surface area contributed by atoms with Crippen LogP contribution in [-0.4, -0.2) is 29.1 Å². The van der Waals surface area contributed by atoms with Gasteiger partial charge in [0.25, 0.3) is 0 Å². The highest BCUT2D eigenvalue weighted by Crippen LogP contribution is 2.28. The molecule has 4 heteroatoms. The van der Waals surface area contributed by atoms with Crippen LogP contribution >= 0.6 is 0 Å². The van der Waals surface area contributed by atoms with E-state index in [0.29, 0.717) is 6.04 Å². The molecule has 1 N–H and O–H groups in total. The molecule has 112 valence electrons. The third-order valence-electron chi connectivity index (χ3n) is 3.99. The topological polar surface area (TPSA) is 41.1 Å². The lowest BCUT2D eigenvalue weighted by atomic mass is 10.1. The van der Waals surface area contributed by atoms with Crippen molar-refractivity contribution in [2.24, 2.45) is 5.92 Å². The van der Waals surface area contributed by atoms with Crippen molar-refractivity contribution in [1.29, 1.82) is 0 Å². The molecule has 0 atom stereocenters. The van der Waals surface area contributed by atoms with E-state index in [1.54, 1.807) is 0 Å². The number of hydrogen-bond donors (Lipinski definition) is 1. The maximum Gasteiger partial charge on any atom is 0.149 e. The fourth-order valence-corrected chi connectivity index (χ4v) is 2.86. The summed E-state index contributed by atoms with van der Waals surface area (Å²) in [7, 11) is 0. The average molecular weight is 276 g/mol. The number of nitrogens with zero attached hydrogens (tertiary/aromatic N) is 3. The van der Waals surface area contributed by atoms with Crippen LogP contribution in [0.25, 0.3) is 0 Å². The molecule has 0 amide bonds. The van der Waals surface area contributed by atoms with Gasteiger partial charge < -0.3 is 10.2 Å². The van der Waals surface area contributed by atoms with Crippen molar-refractivity contribution in [2.45, 2.75) is 58.9 Å². The van der Waals surface area contributed by atoms with Crippen molar-refractivity contribution in [3.05, 3.63) is 12.4 Å². The molecule has 0 aromatic carbocycles. The van der Waals surface area contributed by atoms with Crippen molar-refractivity contribution >= 4 is 11.6 Å². The highest BCUT2D eigenvalue weighted by Gasteiger charge is 2.24. The summed E-state index contributed by atoms with van der Waals surface area (Å²) in [4.78, 5) is 11.6. The van der Waals surface area contributed by atoms with Gasteiger partial charge >= 0.3 is 0 Å². The van der Waals surface area contributed by atoms with E-state index >= 15 is 0 Å². The van der Waals surface area contributed by atoms with E-state index in [9.17, 15) is 0 Å². The van der Waals surface area contributed by atoms with Gasteiger partial charge in [-0.1, -0.05) is 26.7 Å². The second kappa shape index (κ2) is 7.46. The summed E-state index contributed by atoms with van der Waals surface area (Å²) in [5, 5.41) is 3.26. The van der Waals surface area contributed by atoms with Gasteiger partial charge in [0.15, 0.2) is 0 Å². The minimum Gasteiger partial charge on any atom is -0.369 e. The molecule has 0 aliphatic heterocycles. The van der Waals surface area contributed by atoms with E-state index in [1.165, 1.54) is 32.1 Å². The molecule has 1 aliphatic carbocycles. The predicted octanol–water partition coefficient (Wildman–Crippen LogP) is 3.70. The quantitative estimate of drug-likeness (QED) is 0.824. The molecule has 20 heavy (non-hydrogen) atoms. The zero-order valence-corrected chi connectivity index (χ0v) is 13.1. The second-order valence-electron chi connectivity index (χ2n) is 6.11. The van der Waals surface area contributed by atoms with Crippen LogP contribution in [0.1, 0.15) is 52.9 Å². The second-order valence-corrected chi connectivity index (χ2v) is 6.11. The number of rotatable bonds is 7. The van der Waals surface area contributed by atoms with Gasteiger partial charge in [-0.25, -0.2) is 4.98 Å². The molecule has 1 fully saturated rings. The third-order valence-corrected chi connectivity index (χ3v) is 3.99. The van der Waals surface area contributed by atoms with Crippen molar-refractivity contribution in [3.8, 4) is 0 Å². The van der Waals surface area contributed by atoms with E-state index in [-0.39, 0.29) is 0 Å². The normalized spacial score (nSPS) is 15.8. The van der Waals surface area contributed by atoms with Crippen molar-refractivity contribution in [2.75, 3.05) is 23.3 Å². The van der Waals surface area contributed by atoms with Crippen LogP contribution in [0.4, 0.5) is 11.6 Å². The Labute approximate surface area is 123 Å². The first-order valence-corrected chi connectivity index (χ1v) is 8.03. The standard InChI is InChI=1S/C16H28N4/c1-4-18-15-11-17-12-16(19-15)20(10-9-13(2)3)14-7-5-6-8-14/h11-14H,4-10H2,1-3H3,(H,18,19). The lowest BCUT2D eigenvalue weighted by Gasteiger charge is -2.30. The SMILES string of the molecule is CCNc1cncc(N(CCC(C)C)C2CCCC2)n1. The number of anilines is 2. The maximum absolute atomic E-state index is 4.74. The maximum atomic E-state index is 4.74. The smallest absolute Gasteiger partial charge is 0.149 e. The summed E-state index contributed by atoms with van der Waals surface area (Å²) < 4.78 is 0. The van der Waals surface area contributed by atoms with Gasteiger partial charge in [0.05, 0.1) is 12.4 Å². The highest BCUT2D eigenvalue weighted by molar-refractivity contribution is 5.44. The lowest BCUT2D eigenvalue weighted by Crippen LogP contribution is -2.35. The molecule has 1 saturated carbocycles. The first kappa shape index (κ1) is 15.1. The molecule has 2 rings (SSSR count). The van der Waals surface area contributed by atoms with Gasteiger partial charge in [-0.3, -0.25) is 4.98 Å². The Bertz CT molecular complexity index is 399. The van der Waals surface area contributed by atoms with Gasteiger partial charge in [-0.15, -0.1) is 0 Å². The van der Waals surface area contributed by atoms with Gasteiger partial charge in [0, 0.05) is 19.1 Å². The van der Waals surface area contributed by atoms with E-state index in [0.717, 1.165) is 30.6 Å². The Morgan fingerprint density at radius 1 is 1.30 bits per heavy atom. The molecular formula is C16H28N4. The van der Waals surface area contributed by atoms with Crippen LogP contribution in [0.2, 0.25) is 0 Å². The molecular weight excluding hydrogens is 248 g/mol. The van der Waals surface area contributed by atoms with Crippen LogP contribution in [0.3, 0.4) is 0 Å². The van der Waals surface area contributed by atoms with Crippen LogP contribution in [0, 0.1) is 5.92 Å². The number of nitrogens with one attached hydrogen (secondary N) is 1. The first-order valence-electron chi connectivity index (χ1n) is 8.03. The summed E-state index contributed by atoms with van der Waals surface area (Å²) in [6.45, 7) is 8.63. The van der Waals surface area contributed by atoms with Gasteiger partial charge in [-0.05, 0) is 32.1 Å². The third kappa shape index (κ3) is 4.09. The largest absolute Gasteiger partial charge is 0.369 e. The van der Waals surface area contributed by atoms with E-state index in [1.807, 2.05) is 12.4 Å². The Morgan fingerprint density at radius 2 is 2.05 bits per heavy atom. The molecule has 1 aromatic heterocycles. The van der Waals surface area contributed by atoms with Gasteiger partial charge in [0.2, 0.25) is 0 Å². The molecule has 0 spiro atoms. The summed E-state index contributed by atoms with van der Waals surface area (Å²) in [6.07, 6.45) is 10.2. The Morgan fingerprint density at radius 3 is 2.70 bits per heavy atom. The zero-order valence-electron chi connectivity index (χ0n) is 13.1. The Hall–Kier alpha value is -1.32. The molecule has 4 nitrogen and oxygen atoms in total. The predicted molar refractivity (Wildman–Crippen MR) is 85.3 cm³/mol. The van der Waals surface area contributed by atoms with Crippen molar-refractivity contribution < 1.29 is 0 Å². The molecule has 0 bridgehead atoms.